The Labute approximate surface area is 395 Å². The second kappa shape index (κ2) is 15.4. The number of nitrogens with zero attached hydrogens (tertiary/aromatic N) is 3. The molecule has 0 radical (unpaired) electrons. The molecule has 0 saturated heterocycles. The molecule has 0 aliphatic carbocycles. The lowest BCUT2D eigenvalue weighted by atomic mass is 9.30. The lowest BCUT2D eigenvalue weighted by Gasteiger charge is -2.45. The van der Waals surface area contributed by atoms with E-state index in [2.05, 4.69) is 191 Å². The van der Waals surface area contributed by atoms with Gasteiger partial charge in [0.1, 0.15) is 34.5 Å². The van der Waals surface area contributed by atoms with Crippen LogP contribution < -0.4 is 61.7 Å². The first-order chi connectivity index (χ1) is 33.7. The number of ether oxygens (including phenoxy) is 3. The van der Waals surface area contributed by atoms with Crippen molar-refractivity contribution < 1.29 is 14.2 Å². The summed E-state index contributed by atoms with van der Waals surface area (Å²) in [6.07, 6.45) is 0. The van der Waals surface area contributed by atoms with Crippen molar-refractivity contribution in [2.45, 2.75) is 0 Å². The van der Waals surface area contributed by atoms with E-state index in [1.54, 1.807) is 0 Å². The number of benzene rings is 10. The molecule has 0 amide bonds. The molecule has 10 aromatic carbocycles. The normalized spacial score (nSPS) is 13.3. The van der Waals surface area contributed by atoms with Crippen LogP contribution in [0.4, 0.5) is 51.2 Å². The van der Waals surface area contributed by atoms with Crippen molar-refractivity contribution in [2.24, 2.45) is 0 Å². The van der Waals surface area contributed by atoms with Gasteiger partial charge in [0.2, 0.25) is 0 Å². The lowest BCUT2D eigenvalue weighted by Crippen LogP contribution is -2.64. The van der Waals surface area contributed by atoms with Gasteiger partial charge in [-0.1, -0.05) is 133 Å². The molecule has 68 heavy (non-hydrogen) atoms. The van der Waals surface area contributed by atoms with Gasteiger partial charge < -0.3 is 28.9 Å². The summed E-state index contributed by atoms with van der Waals surface area (Å²) in [5.41, 5.74) is 16.7. The highest BCUT2D eigenvalue weighted by Crippen LogP contribution is 2.49. The standard InChI is InChI=1S/C60H39B2N3O3/c1-6-20-40(21-7-1)63-51-32-18-16-30-47(51)61-49-38-50-57(39-53(49)65(42-24-10-3-11-25-42)55-35-45(34-54(63)59(55)61)66-43-26-12-4-13-27-43)68-58-37-46(67-44-28-14-5-15-29-44)36-56-60(58)62(50)48-31-17-19-33-52(48)64(56)41-22-8-2-9-23-41/h1-39H. The average molecular weight is 872 g/mol. The van der Waals surface area contributed by atoms with Crippen LogP contribution in [0.1, 0.15) is 0 Å². The Hall–Kier alpha value is -8.87. The van der Waals surface area contributed by atoms with E-state index in [-0.39, 0.29) is 13.4 Å². The molecule has 0 atom stereocenters. The van der Waals surface area contributed by atoms with Gasteiger partial charge in [0.05, 0.1) is 0 Å². The minimum Gasteiger partial charge on any atom is -0.458 e. The summed E-state index contributed by atoms with van der Waals surface area (Å²) in [5, 5.41) is 0. The fraction of sp³-hybridized carbons (Fsp3) is 0. The van der Waals surface area contributed by atoms with Crippen molar-refractivity contribution in [3.63, 3.8) is 0 Å². The van der Waals surface area contributed by atoms with Crippen LogP contribution in [0, 0.1) is 0 Å². The van der Waals surface area contributed by atoms with E-state index in [9.17, 15) is 0 Å². The van der Waals surface area contributed by atoms with Crippen molar-refractivity contribution in [3.8, 4) is 34.5 Å². The number of hydrogen-bond acceptors (Lipinski definition) is 6. The molecule has 6 nitrogen and oxygen atoms in total. The zero-order chi connectivity index (χ0) is 44.7. The molecule has 0 saturated carbocycles. The summed E-state index contributed by atoms with van der Waals surface area (Å²) in [5.74, 6) is 4.56. The second-order valence-corrected chi connectivity index (χ2v) is 17.6. The predicted molar refractivity (Wildman–Crippen MR) is 279 cm³/mol. The molecule has 0 unspecified atom stereocenters. The molecule has 0 spiro atoms. The SMILES string of the molecule is c1ccc(Oc2cc3c4c(c2)N(c2ccccc2)c2ccccc2B4c2cc4c(cc2O3)N(c2ccccc2)c2cc(Oc3ccccc3)cc3c2B4c2ccccc2N3c2ccccc2)cc1. The number of hydrogen-bond donors (Lipinski definition) is 0. The highest BCUT2D eigenvalue weighted by atomic mass is 16.5. The largest absolute Gasteiger partial charge is 0.458 e. The zero-order valence-corrected chi connectivity index (χ0v) is 36.7. The third kappa shape index (κ3) is 6.00. The Kier molecular flexibility index (Phi) is 8.68. The number of anilines is 9. The molecule has 8 heteroatoms. The first kappa shape index (κ1) is 38.4. The monoisotopic (exact) mass is 871 g/mol. The molecule has 4 heterocycles. The van der Waals surface area contributed by atoms with Gasteiger partial charge in [-0.2, -0.15) is 0 Å². The average Bonchev–Trinajstić information content (AvgIpc) is 3.39. The molecule has 0 aromatic heterocycles. The molecular weight excluding hydrogens is 832 g/mol. The van der Waals surface area contributed by atoms with Crippen LogP contribution in [0.5, 0.6) is 34.5 Å². The number of para-hydroxylation sites is 7. The van der Waals surface area contributed by atoms with E-state index < -0.39 is 0 Å². The molecule has 14 rings (SSSR count). The van der Waals surface area contributed by atoms with E-state index in [1.165, 1.54) is 21.9 Å². The van der Waals surface area contributed by atoms with Crippen LogP contribution in [0.15, 0.2) is 237 Å². The molecule has 0 bridgehead atoms. The molecule has 10 aromatic rings. The fourth-order valence-corrected chi connectivity index (χ4v) is 11.0. The maximum Gasteiger partial charge on any atom is 0.256 e. The Balaban J connectivity index is 1.04. The van der Waals surface area contributed by atoms with Crippen molar-refractivity contribution in [1.29, 1.82) is 0 Å². The van der Waals surface area contributed by atoms with Gasteiger partial charge >= 0.3 is 0 Å². The van der Waals surface area contributed by atoms with Crippen LogP contribution >= 0.6 is 0 Å². The first-order valence-corrected chi connectivity index (χ1v) is 23.1. The van der Waals surface area contributed by atoms with Gasteiger partial charge in [0.25, 0.3) is 13.4 Å². The Bertz CT molecular complexity index is 3580. The second-order valence-electron chi connectivity index (χ2n) is 17.6. The van der Waals surface area contributed by atoms with Crippen LogP contribution in [0.2, 0.25) is 0 Å². The summed E-state index contributed by atoms with van der Waals surface area (Å²) in [7, 11) is 0. The van der Waals surface area contributed by atoms with E-state index in [4.69, 9.17) is 14.2 Å². The summed E-state index contributed by atoms with van der Waals surface area (Å²) in [4.78, 5) is 7.18. The summed E-state index contributed by atoms with van der Waals surface area (Å²) < 4.78 is 20.8. The number of rotatable bonds is 7. The van der Waals surface area contributed by atoms with Crippen LogP contribution in [-0.2, 0) is 0 Å². The van der Waals surface area contributed by atoms with Crippen molar-refractivity contribution >= 4 is 97.4 Å². The molecular formula is C60H39B2N3O3. The van der Waals surface area contributed by atoms with Crippen LogP contribution in [0.3, 0.4) is 0 Å². The number of fused-ring (bicyclic) bond motifs is 8. The van der Waals surface area contributed by atoms with Gasteiger partial charge in [0.15, 0.2) is 0 Å². The minimum absolute atomic E-state index is 0.121. The zero-order valence-electron chi connectivity index (χ0n) is 36.7. The van der Waals surface area contributed by atoms with E-state index in [0.717, 1.165) is 90.9 Å². The smallest absolute Gasteiger partial charge is 0.256 e. The van der Waals surface area contributed by atoms with Gasteiger partial charge in [-0.25, -0.2) is 0 Å². The van der Waals surface area contributed by atoms with Gasteiger partial charge in [-0.3, -0.25) is 0 Å². The molecule has 4 aliphatic heterocycles. The topological polar surface area (TPSA) is 37.4 Å². The minimum atomic E-state index is -0.136. The quantitative estimate of drug-likeness (QED) is 0.149. The third-order valence-electron chi connectivity index (χ3n) is 13.7. The fourth-order valence-electron chi connectivity index (χ4n) is 11.0. The highest BCUT2D eigenvalue weighted by molar-refractivity contribution is 7.02. The Morgan fingerprint density at radius 1 is 0.279 bits per heavy atom. The Morgan fingerprint density at radius 3 is 1.18 bits per heavy atom. The van der Waals surface area contributed by atoms with Gasteiger partial charge in [-0.15, -0.1) is 0 Å². The highest BCUT2D eigenvalue weighted by Gasteiger charge is 2.47. The summed E-state index contributed by atoms with van der Waals surface area (Å²) >= 11 is 0. The Morgan fingerprint density at radius 2 is 0.676 bits per heavy atom. The maximum absolute atomic E-state index is 7.33. The third-order valence-corrected chi connectivity index (χ3v) is 13.7. The summed E-state index contributed by atoms with van der Waals surface area (Å²) in [6.45, 7) is -0.257. The predicted octanol–water partition coefficient (Wildman–Crippen LogP) is 11.8. The lowest BCUT2D eigenvalue weighted by molar-refractivity contribution is 0.463. The van der Waals surface area contributed by atoms with E-state index in [1.807, 2.05) is 60.7 Å². The first-order valence-electron chi connectivity index (χ1n) is 23.1. The van der Waals surface area contributed by atoms with Crippen molar-refractivity contribution in [1.82, 2.24) is 0 Å². The van der Waals surface area contributed by atoms with Crippen LogP contribution in [0.25, 0.3) is 0 Å². The molecule has 318 valence electrons. The molecule has 0 N–H and O–H groups in total. The molecule has 0 fully saturated rings. The van der Waals surface area contributed by atoms with E-state index in [0.29, 0.717) is 5.75 Å². The maximum atomic E-state index is 7.33. The van der Waals surface area contributed by atoms with Crippen LogP contribution in [-0.4, -0.2) is 13.4 Å². The van der Waals surface area contributed by atoms with Crippen molar-refractivity contribution in [3.05, 3.63) is 237 Å². The van der Waals surface area contributed by atoms with E-state index >= 15 is 0 Å². The van der Waals surface area contributed by atoms with Gasteiger partial charge in [0, 0.05) is 81.5 Å². The summed E-state index contributed by atoms with van der Waals surface area (Å²) in [6, 6.07) is 83.2. The van der Waals surface area contributed by atoms with Gasteiger partial charge in [-0.05, 0) is 106 Å². The van der Waals surface area contributed by atoms with Crippen molar-refractivity contribution in [2.75, 3.05) is 14.7 Å². The molecule has 4 aliphatic rings.